The molecule has 110 valence electrons. The zero-order valence-electron chi connectivity index (χ0n) is 11.9. The molecule has 4 nitrogen and oxygen atoms in total. The van der Waals surface area contributed by atoms with Crippen LogP contribution in [0.4, 0.5) is 5.69 Å². The van der Waals surface area contributed by atoms with Crippen molar-refractivity contribution in [3.05, 3.63) is 23.5 Å². The third kappa shape index (κ3) is 4.10. The number of carbonyl (C=O) groups is 1. The van der Waals surface area contributed by atoms with Crippen LogP contribution < -0.4 is 10.2 Å². The highest BCUT2D eigenvalue weighted by molar-refractivity contribution is 6.29. The van der Waals surface area contributed by atoms with Crippen molar-refractivity contribution in [3.63, 3.8) is 0 Å². The molecule has 0 atom stereocenters. The van der Waals surface area contributed by atoms with Crippen molar-refractivity contribution in [2.24, 2.45) is 5.92 Å². The van der Waals surface area contributed by atoms with Crippen molar-refractivity contribution in [3.8, 4) is 0 Å². The highest BCUT2D eigenvalue weighted by Crippen LogP contribution is 2.24. The Labute approximate surface area is 125 Å². The van der Waals surface area contributed by atoms with Crippen LogP contribution in [-0.4, -0.2) is 30.5 Å². The van der Waals surface area contributed by atoms with Gasteiger partial charge in [0.25, 0.3) is 0 Å². The van der Waals surface area contributed by atoms with Gasteiger partial charge in [0, 0.05) is 37.4 Å². The molecule has 1 N–H and O–H groups in total. The average Bonchev–Trinajstić information content (AvgIpc) is 2.47. The normalized spacial score (nSPS) is 16.2. The molecule has 1 aromatic rings. The molecular formula is C15H22ClN3O. The monoisotopic (exact) mass is 295 g/mol. The van der Waals surface area contributed by atoms with Gasteiger partial charge in [0.05, 0.1) is 0 Å². The summed E-state index contributed by atoms with van der Waals surface area (Å²) in [5.41, 5.74) is 1.09. The number of unbranched alkanes of at least 4 members (excludes halogenated alkanes) is 1. The van der Waals surface area contributed by atoms with E-state index in [1.807, 2.05) is 12.1 Å². The van der Waals surface area contributed by atoms with E-state index in [4.69, 9.17) is 11.6 Å². The Morgan fingerprint density at radius 1 is 1.50 bits per heavy atom. The summed E-state index contributed by atoms with van der Waals surface area (Å²) in [6.07, 6.45) is 5.69. The second kappa shape index (κ2) is 7.48. The van der Waals surface area contributed by atoms with Crippen molar-refractivity contribution in [1.29, 1.82) is 0 Å². The number of rotatable bonds is 5. The first-order valence-corrected chi connectivity index (χ1v) is 7.72. The fourth-order valence-electron chi connectivity index (χ4n) is 2.52. The minimum Gasteiger partial charge on any atom is -0.371 e. The summed E-state index contributed by atoms with van der Waals surface area (Å²) in [5.74, 6) is 0.367. The summed E-state index contributed by atoms with van der Waals surface area (Å²) in [7, 11) is 0. The molecule has 0 aliphatic carbocycles. The number of hydrogen-bond donors (Lipinski definition) is 1. The third-order valence-corrected chi connectivity index (χ3v) is 3.98. The summed E-state index contributed by atoms with van der Waals surface area (Å²) in [6.45, 7) is 4.72. The first-order valence-electron chi connectivity index (χ1n) is 7.35. The number of carbonyl (C=O) groups excluding carboxylic acids is 1. The van der Waals surface area contributed by atoms with Gasteiger partial charge in [-0.25, -0.2) is 4.98 Å². The molecule has 0 aromatic carbocycles. The van der Waals surface area contributed by atoms with Gasteiger partial charge in [-0.05, 0) is 31.4 Å². The summed E-state index contributed by atoms with van der Waals surface area (Å²) >= 11 is 5.91. The van der Waals surface area contributed by atoms with Crippen LogP contribution >= 0.6 is 11.6 Å². The van der Waals surface area contributed by atoms with Crippen molar-refractivity contribution in [2.45, 2.75) is 32.6 Å². The molecule has 1 aliphatic rings. The number of aromatic nitrogens is 1. The number of amides is 1. The van der Waals surface area contributed by atoms with Crippen molar-refractivity contribution in [1.82, 2.24) is 10.3 Å². The van der Waals surface area contributed by atoms with E-state index in [2.05, 4.69) is 22.1 Å². The van der Waals surface area contributed by atoms with Gasteiger partial charge in [0.1, 0.15) is 5.15 Å². The maximum atomic E-state index is 12.0. The molecule has 0 bridgehead atoms. The maximum Gasteiger partial charge on any atom is 0.223 e. The van der Waals surface area contributed by atoms with Crippen molar-refractivity contribution in [2.75, 3.05) is 24.5 Å². The molecule has 0 radical (unpaired) electrons. The second-order valence-corrected chi connectivity index (χ2v) is 5.63. The molecule has 2 heterocycles. The maximum absolute atomic E-state index is 12.0. The van der Waals surface area contributed by atoms with Crippen LogP contribution in [0.15, 0.2) is 18.3 Å². The van der Waals surface area contributed by atoms with Crippen LogP contribution in [-0.2, 0) is 4.79 Å². The summed E-state index contributed by atoms with van der Waals surface area (Å²) in [4.78, 5) is 18.3. The zero-order valence-corrected chi connectivity index (χ0v) is 12.7. The van der Waals surface area contributed by atoms with Gasteiger partial charge in [-0.3, -0.25) is 4.79 Å². The number of nitrogens with zero attached hydrogens (tertiary/aromatic N) is 2. The third-order valence-electron chi connectivity index (χ3n) is 3.77. The number of halogens is 1. The number of pyridine rings is 1. The molecule has 1 aromatic heterocycles. The lowest BCUT2D eigenvalue weighted by molar-refractivity contribution is -0.125. The molecule has 0 saturated carbocycles. The van der Waals surface area contributed by atoms with Crippen molar-refractivity contribution < 1.29 is 4.79 Å². The Balaban J connectivity index is 1.81. The topological polar surface area (TPSA) is 45.2 Å². The molecule has 0 spiro atoms. The molecule has 20 heavy (non-hydrogen) atoms. The number of nitrogens with one attached hydrogen (secondary N) is 1. The van der Waals surface area contributed by atoms with E-state index in [0.29, 0.717) is 5.15 Å². The molecule has 1 saturated heterocycles. The second-order valence-electron chi connectivity index (χ2n) is 5.24. The Morgan fingerprint density at radius 3 is 2.90 bits per heavy atom. The molecule has 1 aliphatic heterocycles. The Hall–Kier alpha value is -1.29. The quantitative estimate of drug-likeness (QED) is 0.671. The Morgan fingerprint density at radius 2 is 2.25 bits per heavy atom. The van der Waals surface area contributed by atoms with Gasteiger partial charge in [-0.1, -0.05) is 24.9 Å². The number of anilines is 1. The van der Waals surface area contributed by atoms with Gasteiger partial charge in [-0.2, -0.15) is 0 Å². The predicted molar refractivity (Wildman–Crippen MR) is 82.1 cm³/mol. The van der Waals surface area contributed by atoms with Crippen LogP contribution in [0.1, 0.15) is 32.6 Å². The van der Waals surface area contributed by atoms with E-state index in [-0.39, 0.29) is 11.8 Å². The van der Waals surface area contributed by atoms with Gasteiger partial charge < -0.3 is 10.2 Å². The first kappa shape index (κ1) is 15.1. The highest BCUT2D eigenvalue weighted by Gasteiger charge is 2.24. The Kier molecular flexibility index (Phi) is 5.65. The smallest absolute Gasteiger partial charge is 0.223 e. The van der Waals surface area contributed by atoms with Gasteiger partial charge in [0.2, 0.25) is 5.91 Å². The van der Waals surface area contributed by atoms with E-state index in [1.165, 1.54) is 0 Å². The molecule has 1 fully saturated rings. The Bertz CT molecular complexity index is 444. The lowest BCUT2D eigenvalue weighted by Gasteiger charge is -2.33. The van der Waals surface area contributed by atoms with Gasteiger partial charge in [0.15, 0.2) is 0 Å². The van der Waals surface area contributed by atoms with E-state index in [1.54, 1.807) is 6.20 Å². The SMILES string of the molecule is CCCCNC(=O)C1CCN(c2ccnc(Cl)c2)CC1. The average molecular weight is 296 g/mol. The van der Waals surface area contributed by atoms with E-state index < -0.39 is 0 Å². The molecule has 2 rings (SSSR count). The van der Waals surface area contributed by atoms with Crippen molar-refractivity contribution >= 4 is 23.2 Å². The number of piperidine rings is 1. The highest BCUT2D eigenvalue weighted by atomic mass is 35.5. The fourth-order valence-corrected chi connectivity index (χ4v) is 2.69. The van der Waals surface area contributed by atoms with Crippen LogP contribution in [0.2, 0.25) is 5.15 Å². The van der Waals surface area contributed by atoms with Crippen LogP contribution in [0.5, 0.6) is 0 Å². The van der Waals surface area contributed by atoms with Crippen LogP contribution in [0, 0.1) is 5.92 Å². The zero-order chi connectivity index (χ0) is 14.4. The lowest BCUT2D eigenvalue weighted by atomic mass is 9.95. The van der Waals surface area contributed by atoms with E-state index >= 15 is 0 Å². The summed E-state index contributed by atoms with van der Waals surface area (Å²) in [5, 5.41) is 3.54. The van der Waals surface area contributed by atoms with Gasteiger partial charge >= 0.3 is 0 Å². The van der Waals surface area contributed by atoms with E-state index in [0.717, 1.165) is 51.0 Å². The standard InChI is InChI=1S/C15H22ClN3O/c1-2-3-7-18-15(20)12-5-9-19(10-6-12)13-4-8-17-14(16)11-13/h4,8,11-12H,2-3,5-7,9-10H2,1H3,(H,18,20). The van der Waals surface area contributed by atoms with E-state index in [9.17, 15) is 4.79 Å². The number of hydrogen-bond acceptors (Lipinski definition) is 3. The largest absolute Gasteiger partial charge is 0.371 e. The van der Waals surface area contributed by atoms with Crippen LogP contribution in [0.3, 0.4) is 0 Å². The fraction of sp³-hybridized carbons (Fsp3) is 0.600. The van der Waals surface area contributed by atoms with Gasteiger partial charge in [-0.15, -0.1) is 0 Å². The lowest BCUT2D eigenvalue weighted by Crippen LogP contribution is -2.40. The summed E-state index contributed by atoms with van der Waals surface area (Å²) in [6, 6.07) is 3.84. The minimum absolute atomic E-state index is 0.153. The molecular weight excluding hydrogens is 274 g/mol. The van der Waals surface area contributed by atoms with Crippen LogP contribution in [0.25, 0.3) is 0 Å². The molecule has 0 unspecified atom stereocenters. The molecule has 5 heteroatoms. The minimum atomic E-state index is 0.153. The summed E-state index contributed by atoms with van der Waals surface area (Å²) < 4.78 is 0. The predicted octanol–water partition coefficient (Wildman–Crippen LogP) is 2.87. The first-order chi connectivity index (χ1) is 9.70. The molecule has 1 amide bonds.